The molecule has 1 atom stereocenters. The monoisotopic (exact) mass is 324 g/mol. The van der Waals surface area contributed by atoms with Gasteiger partial charge in [0.2, 0.25) is 0 Å². The number of nitrogens with two attached hydrogens (primary N) is 1. The lowest BCUT2D eigenvalue weighted by molar-refractivity contribution is 0.0950. The summed E-state index contributed by atoms with van der Waals surface area (Å²) in [5, 5.41) is 3.21. The van der Waals surface area contributed by atoms with Crippen molar-refractivity contribution >= 4 is 29.4 Å². The van der Waals surface area contributed by atoms with Crippen molar-refractivity contribution in [3.63, 3.8) is 0 Å². The van der Waals surface area contributed by atoms with Crippen molar-refractivity contribution < 1.29 is 9.18 Å². The first-order chi connectivity index (χ1) is 10.2. The molecule has 0 radical (unpaired) electrons. The van der Waals surface area contributed by atoms with Crippen molar-refractivity contribution in [2.45, 2.75) is 5.25 Å². The third-order valence-corrected chi connectivity index (χ3v) is 5.77. The zero-order valence-corrected chi connectivity index (χ0v) is 13.2. The number of hydrogen-bond donors (Lipinski definition) is 2. The second-order valence-corrected chi connectivity index (χ2v) is 7.04. The van der Waals surface area contributed by atoms with E-state index in [4.69, 9.17) is 5.73 Å². The average Bonchev–Trinajstić information content (AvgIpc) is 2.51. The van der Waals surface area contributed by atoms with Gasteiger partial charge in [0.25, 0.3) is 5.91 Å². The Hall–Kier alpha value is -1.16. The minimum atomic E-state index is -0.554. The molecule has 1 aromatic rings. The number of hydrogen-bond acceptors (Lipinski definition) is 4. The van der Waals surface area contributed by atoms with Crippen LogP contribution in [0, 0.1) is 17.7 Å². The molecule has 0 spiro atoms. The fraction of sp³-hybridized carbons (Fsp3) is 0.400. The highest BCUT2D eigenvalue weighted by Gasteiger charge is 2.17. The number of carbonyl (C=O) groups is 1. The molecule has 1 fully saturated rings. The number of carbonyl (C=O) groups excluding carboxylic acids is 1. The summed E-state index contributed by atoms with van der Waals surface area (Å²) < 4.78 is 13.9. The zero-order chi connectivity index (χ0) is 15.1. The Morgan fingerprint density at radius 3 is 3.00 bits per heavy atom. The summed E-state index contributed by atoms with van der Waals surface area (Å²) in [4.78, 5) is 12.0. The van der Waals surface area contributed by atoms with Crippen molar-refractivity contribution in [1.82, 2.24) is 5.32 Å². The molecule has 1 aliphatic rings. The van der Waals surface area contributed by atoms with Gasteiger partial charge in [0, 0.05) is 34.6 Å². The molecule has 3 N–H and O–H groups in total. The van der Waals surface area contributed by atoms with Crippen LogP contribution in [0.25, 0.3) is 0 Å². The molecule has 21 heavy (non-hydrogen) atoms. The van der Waals surface area contributed by atoms with Gasteiger partial charge in [-0.05, 0) is 18.2 Å². The molecule has 0 bridgehead atoms. The van der Waals surface area contributed by atoms with Crippen LogP contribution in [-0.4, -0.2) is 41.5 Å². The Kier molecular flexibility index (Phi) is 6.43. The van der Waals surface area contributed by atoms with E-state index in [0.717, 1.165) is 17.3 Å². The van der Waals surface area contributed by atoms with Gasteiger partial charge in [-0.1, -0.05) is 11.8 Å². The van der Waals surface area contributed by atoms with Gasteiger partial charge >= 0.3 is 0 Å². The summed E-state index contributed by atoms with van der Waals surface area (Å²) >= 11 is 3.75. The van der Waals surface area contributed by atoms with Gasteiger partial charge < -0.3 is 11.1 Å². The molecule has 1 aliphatic heterocycles. The molecule has 1 heterocycles. The van der Waals surface area contributed by atoms with Crippen molar-refractivity contribution in [1.29, 1.82) is 0 Å². The third-order valence-electron chi connectivity index (χ3n) is 2.92. The standard InChI is InChI=1S/C15H17FN2OS2/c16-14-8-11(2-1-5-17)3-4-13(14)15(19)18-9-12-10-20-6-7-21-12/h3-4,8,12H,5-7,9-10,17H2,(H,18,19). The van der Waals surface area contributed by atoms with Crippen LogP contribution in [-0.2, 0) is 0 Å². The minimum absolute atomic E-state index is 0.0572. The molecular formula is C15H17FN2OS2. The molecular weight excluding hydrogens is 307 g/mol. The Morgan fingerprint density at radius 1 is 1.48 bits per heavy atom. The van der Waals surface area contributed by atoms with Gasteiger partial charge in [-0.2, -0.15) is 23.5 Å². The highest BCUT2D eigenvalue weighted by Crippen LogP contribution is 2.23. The Morgan fingerprint density at radius 2 is 2.33 bits per heavy atom. The van der Waals surface area contributed by atoms with Gasteiger partial charge in [-0.25, -0.2) is 4.39 Å². The lowest BCUT2D eigenvalue weighted by atomic mass is 10.1. The number of benzene rings is 1. The first kappa shape index (κ1) is 16.2. The normalized spacial score (nSPS) is 17.7. The SMILES string of the molecule is NCC#Cc1ccc(C(=O)NCC2CSCCS2)c(F)c1. The highest BCUT2D eigenvalue weighted by molar-refractivity contribution is 8.06. The largest absolute Gasteiger partial charge is 0.351 e. The molecule has 1 unspecified atom stereocenters. The van der Waals surface area contributed by atoms with Crippen LogP contribution < -0.4 is 11.1 Å². The molecule has 0 aliphatic carbocycles. The molecule has 2 rings (SSSR count). The highest BCUT2D eigenvalue weighted by atomic mass is 32.2. The van der Waals surface area contributed by atoms with Crippen LogP contribution in [0.5, 0.6) is 0 Å². The molecule has 0 saturated carbocycles. The van der Waals surface area contributed by atoms with Crippen LogP contribution in [0.1, 0.15) is 15.9 Å². The van der Waals surface area contributed by atoms with Crippen molar-refractivity contribution in [2.75, 3.05) is 30.3 Å². The van der Waals surface area contributed by atoms with E-state index < -0.39 is 5.82 Å². The summed E-state index contributed by atoms with van der Waals surface area (Å²) in [6.07, 6.45) is 0. The maximum atomic E-state index is 13.9. The predicted molar refractivity (Wildman–Crippen MR) is 88.2 cm³/mol. The van der Waals surface area contributed by atoms with E-state index in [-0.39, 0.29) is 18.0 Å². The fourth-order valence-electron chi connectivity index (χ4n) is 1.89. The van der Waals surface area contributed by atoms with Gasteiger partial charge in [0.15, 0.2) is 0 Å². The lowest BCUT2D eigenvalue weighted by Gasteiger charge is -2.21. The van der Waals surface area contributed by atoms with E-state index in [2.05, 4.69) is 17.2 Å². The molecule has 0 aromatic heterocycles. The van der Waals surface area contributed by atoms with Crippen LogP contribution in [0.4, 0.5) is 4.39 Å². The molecule has 1 saturated heterocycles. The summed E-state index contributed by atoms with van der Waals surface area (Å²) in [6.45, 7) is 0.797. The van der Waals surface area contributed by atoms with E-state index in [1.165, 1.54) is 12.1 Å². The Bertz CT molecular complexity index is 563. The molecule has 1 amide bonds. The van der Waals surface area contributed by atoms with Crippen LogP contribution in [0.15, 0.2) is 18.2 Å². The first-order valence-electron chi connectivity index (χ1n) is 6.66. The quantitative estimate of drug-likeness (QED) is 0.831. The maximum Gasteiger partial charge on any atom is 0.254 e. The summed E-state index contributed by atoms with van der Waals surface area (Å²) in [5.41, 5.74) is 5.85. The summed E-state index contributed by atoms with van der Waals surface area (Å²) in [5.74, 6) is 7.77. The topological polar surface area (TPSA) is 55.1 Å². The number of halogens is 1. The summed E-state index contributed by atoms with van der Waals surface area (Å²) in [6, 6.07) is 4.36. The summed E-state index contributed by atoms with van der Waals surface area (Å²) in [7, 11) is 0. The van der Waals surface area contributed by atoms with E-state index in [9.17, 15) is 9.18 Å². The molecule has 1 aromatic carbocycles. The number of amides is 1. The van der Waals surface area contributed by atoms with Crippen molar-refractivity contribution in [3.8, 4) is 11.8 Å². The first-order valence-corrected chi connectivity index (χ1v) is 8.87. The molecule has 3 nitrogen and oxygen atoms in total. The Labute approximate surface area is 132 Å². The lowest BCUT2D eigenvalue weighted by Crippen LogP contribution is -2.33. The molecule has 6 heteroatoms. The van der Waals surface area contributed by atoms with Gasteiger partial charge in [-0.3, -0.25) is 4.79 Å². The van der Waals surface area contributed by atoms with E-state index >= 15 is 0 Å². The van der Waals surface area contributed by atoms with E-state index in [1.807, 2.05) is 23.5 Å². The van der Waals surface area contributed by atoms with Crippen LogP contribution in [0.3, 0.4) is 0 Å². The second kappa shape index (κ2) is 8.32. The van der Waals surface area contributed by atoms with Gasteiger partial charge in [0.1, 0.15) is 5.82 Å². The maximum absolute atomic E-state index is 13.9. The van der Waals surface area contributed by atoms with Gasteiger partial charge in [0.05, 0.1) is 12.1 Å². The minimum Gasteiger partial charge on any atom is -0.351 e. The second-order valence-electron chi connectivity index (χ2n) is 4.48. The molecule has 112 valence electrons. The Balaban J connectivity index is 1.95. The van der Waals surface area contributed by atoms with Crippen molar-refractivity contribution in [2.24, 2.45) is 5.73 Å². The van der Waals surface area contributed by atoms with Crippen LogP contribution >= 0.6 is 23.5 Å². The number of thioether (sulfide) groups is 2. The fourth-order valence-corrected chi connectivity index (χ4v) is 4.50. The van der Waals surface area contributed by atoms with E-state index in [1.54, 1.807) is 6.07 Å². The van der Waals surface area contributed by atoms with Crippen molar-refractivity contribution in [3.05, 3.63) is 35.1 Å². The number of nitrogens with one attached hydrogen (secondary N) is 1. The smallest absolute Gasteiger partial charge is 0.254 e. The number of rotatable bonds is 3. The van der Waals surface area contributed by atoms with E-state index in [0.29, 0.717) is 17.4 Å². The zero-order valence-electron chi connectivity index (χ0n) is 11.5. The third kappa shape index (κ3) is 4.95. The predicted octanol–water partition coefficient (Wildman–Crippen LogP) is 1.71. The van der Waals surface area contributed by atoms with Crippen LogP contribution in [0.2, 0.25) is 0 Å². The average molecular weight is 324 g/mol. The van der Waals surface area contributed by atoms with Gasteiger partial charge in [-0.15, -0.1) is 0 Å².